The Morgan fingerprint density at radius 1 is 1.08 bits per heavy atom. The summed E-state index contributed by atoms with van der Waals surface area (Å²) in [5, 5.41) is 4.73. The van der Waals surface area contributed by atoms with E-state index in [0.717, 1.165) is 11.3 Å². The number of halogens is 1. The van der Waals surface area contributed by atoms with Crippen LogP contribution in [-0.4, -0.2) is 13.4 Å². The first kappa shape index (κ1) is 16.4. The lowest BCUT2D eigenvalue weighted by molar-refractivity contribution is 0.603. The Labute approximate surface area is 143 Å². The first-order valence-electron chi connectivity index (χ1n) is 7.04. The van der Waals surface area contributed by atoms with Crippen molar-refractivity contribution in [3.63, 3.8) is 0 Å². The minimum absolute atomic E-state index is 0.222. The number of nitrogens with one attached hydrogen (secondary N) is 2. The van der Waals surface area contributed by atoms with Crippen LogP contribution in [0.25, 0.3) is 0 Å². The Bertz CT molecular complexity index is 911. The largest absolute Gasteiger partial charge is 0.380 e. The topological polar surface area (TPSA) is 71.1 Å². The standard InChI is InChI=1S/C16H14FN3O2S2/c17-14-5-2-1-4-12(14)10-18-13-7-8-15(19-11-13)20-24(21,22)16-6-3-9-23-16/h1-9,11,18H,10H2,(H,19,20). The molecule has 0 saturated carbocycles. The van der Waals surface area contributed by atoms with Gasteiger partial charge in [-0.1, -0.05) is 24.3 Å². The summed E-state index contributed by atoms with van der Waals surface area (Å²) in [6.45, 7) is 0.314. The quantitative estimate of drug-likeness (QED) is 0.701. The average Bonchev–Trinajstić information content (AvgIpc) is 3.11. The summed E-state index contributed by atoms with van der Waals surface area (Å²) >= 11 is 1.13. The molecule has 0 fully saturated rings. The predicted octanol–water partition coefficient (Wildman–Crippen LogP) is 3.70. The lowest BCUT2D eigenvalue weighted by Crippen LogP contribution is -2.12. The second-order valence-corrected chi connectivity index (χ2v) is 7.77. The summed E-state index contributed by atoms with van der Waals surface area (Å²) in [6.07, 6.45) is 1.49. The van der Waals surface area contributed by atoms with E-state index >= 15 is 0 Å². The number of anilines is 2. The summed E-state index contributed by atoms with van der Waals surface area (Å²) in [7, 11) is -3.61. The van der Waals surface area contributed by atoms with E-state index in [1.165, 1.54) is 18.3 Å². The van der Waals surface area contributed by atoms with Gasteiger partial charge in [-0.2, -0.15) is 0 Å². The highest BCUT2D eigenvalue weighted by molar-refractivity contribution is 7.94. The smallest absolute Gasteiger partial charge is 0.272 e. The van der Waals surface area contributed by atoms with E-state index in [1.54, 1.807) is 41.8 Å². The van der Waals surface area contributed by atoms with Crippen molar-refractivity contribution in [3.8, 4) is 0 Å². The Balaban J connectivity index is 1.65. The minimum atomic E-state index is -3.61. The molecule has 124 valence electrons. The van der Waals surface area contributed by atoms with Gasteiger partial charge in [-0.25, -0.2) is 17.8 Å². The molecule has 2 N–H and O–H groups in total. The molecular weight excluding hydrogens is 349 g/mol. The van der Waals surface area contributed by atoms with Gasteiger partial charge in [-0.3, -0.25) is 4.72 Å². The maximum Gasteiger partial charge on any atom is 0.272 e. The van der Waals surface area contributed by atoms with Gasteiger partial charge in [0.25, 0.3) is 10.0 Å². The van der Waals surface area contributed by atoms with Gasteiger partial charge in [-0.15, -0.1) is 11.3 Å². The van der Waals surface area contributed by atoms with E-state index in [-0.39, 0.29) is 15.8 Å². The summed E-state index contributed by atoms with van der Waals surface area (Å²) in [5.41, 5.74) is 1.21. The number of benzene rings is 1. The fraction of sp³-hybridized carbons (Fsp3) is 0.0625. The van der Waals surface area contributed by atoms with E-state index in [0.29, 0.717) is 17.8 Å². The molecule has 1 aromatic carbocycles. The van der Waals surface area contributed by atoms with E-state index in [4.69, 9.17) is 0 Å². The first-order valence-corrected chi connectivity index (χ1v) is 9.40. The number of hydrogen-bond donors (Lipinski definition) is 2. The van der Waals surface area contributed by atoms with Crippen LogP contribution in [0.15, 0.2) is 64.3 Å². The van der Waals surface area contributed by atoms with Crippen LogP contribution in [0.3, 0.4) is 0 Å². The number of hydrogen-bond acceptors (Lipinski definition) is 5. The van der Waals surface area contributed by atoms with Gasteiger partial charge in [-0.05, 0) is 29.6 Å². The normalized spacial score (nSPS) is 11.2. The Kier molecular flexibility index (Phi) is 4.77. The molecule has 0 aliphatic heterocycles. The highest BCUT2D eigenvalue weighted by Gasteiger charge is 2.15. The van der Waals surface area contributed by atoms with Gasteiger partial charge in [0.1, 0.15) is 15.8 Å². The molecule has 0 amide bonds. The maximum absolute atomic E-state index is 13.5. The third-order valence-electron chi connectivity index (χ3n) is 3.20. The van der Waals surface area contributed by atoms with Crippen LogP contribution in [0, 0.1) is 5.82 Å². The number of rotatable bonds is 6. The Hall–Kier alpha value is -2.45. The van der Waals surface area contributed by atoms with Crippen molar-refractivity contribution in [2.24, 2.45) is 0 Å². The van der Waals surface area contributed by atoms with Crippen LogP contribution in [0.2, 0.25) is 0 Å². The number of sulfonamides is 1. The third kappa shape index (κ3) is 3.90. The second kappa shape index (κ2) is 6.98. The molecule has 24 heavy (non-hydrogen) atoms. The van der Waals surface area contributed by atoms with Gasteiger partial charge >= 0.3 is 0 Å². The van der Waals surface area contributed by atoms with E-state index < -0.39 is 10.0 Å². The molecular formula is C16H14FN3O2S2. The van der Waals surface area contributed by atoms with Crippen LogP contribution < -0.4 is 10.0 Å². The number of aromatic nitrogens is 1. The molecule has 0 aliphatic rings. The van der Waals surface area contributed by atoms with Crippen molar-refractivity contribution < 1.29 is 12.8 Å². The SMILES string of the molecule is O=S(=O)(Nc1ccc(NCc2ccccc2F)cn1)c1cccs1. The van der Waals surface area contributed by atoms with Crippen molar-refractivity contribution in [1.29, 1.82) is 0 Å². The molecule has 8 heteroatoms. The van der Waals surface area contributed by atoms with Crippen LogP contribution in [0.1, 0.15) is 5.56 Å². The molecule has 0 saturated heterocycles. The molecule has 0 radical (unpaired) electrons. The lowest BCUT2D eigenvalue weighted by atomic mass is 10.2. The minimum Gasteiger partial charge on any atom is -0.380 e. The average molecular weight is 363 g/mol. The maximum atomic E-state index is 13.5. The van der Waals surface area contributed by atoms with Crippen molar-refractivity contribution in [2.75, 3.05) is 10.0 Å². The van der Waals surface area contributed by atoms with Crippen molar-refractivity contribution in [2.45, 2.75) is 10.8 Å². The van der Waals surface area contributed by atoms with Crippen LogP contribution in [0.4, 0.5) is 15.9 Å². The molecule has 5 nitrogen and oxygen atoms in total. The van der Waals surface area contributed by atoms with Gasteiger partial charge < -0.3 is 5.32 Å². The highest BCUT2D eigenvalue weighted by atomic mass is 32.2. The lowest BCUT2D eigenvalue weighted by Gasteiger charge is -2.09. The van der Waals surface area contributed by atoms with E-state index in [9.17, 15) is 12.8 Å². The van der Waals surface area contributed by atoms with Crippen molar-refractivity contribution in [1.82, 2.24) is 4.98 Å². The fourth-order valence-electron chi connectivity index (χ4n) is 2.00. The second-order valence-electron chi connectivity index (χ2n) is 4.91. The van der Waals surface area contributed by atoms with Crippen molar-refractivity contribution in [3.05, 3.63) is 71.5 Å². The monoisotopic (exact) mass is 363 g/mol. The molecule has 2 aromatic heterocycles. The molecule has 3 aromatic rings. The van der Waals surface area contributed by atoms with E-state index in [2.05, 4.69) is 15.0 Å². The summed E-state index contributed by atoms with van der Waals surface area (Å²) in [4.78, 5) is 4.07. The molecule has 0 bridgehead atoms. The predicted molar refractivity (Wildman–Crippen MR) is 93.1 cm³/mol. The van der Waals surface area contributed by atoms with E-state index in [1.807, 2.05) is 0 Å². The first-order chi connectivity index (χ1) is 11.5. The third-order valence-corrected chi connectivity index (χ3v) is 5.96. The fourth-order valence-corrected chi connectivity index (χ4v) is 4.00. The van der Waals surface area contributed by atoms with Crippen LogP contribution in [-0.2, 0) is 16.6 Å². The molecule has 0 spiro atoms. The summed E-state index contributed by atoms with van der Waals surface area (Å²) in [6, 6.07) is 12.9. The molecule has 0 atom stereocenters. The van der Waals surface area contributed by atoms with Gasteiger partial charge in [0, 0.05) is 12.1 Å². The van der Waals surface area contributed by atoms with Gasteiger partial charge in [0.2, 0.25) is 0 Å². The van der Waals surface area contributed by atoms with Crippen LogP contribution >= 0.6 is 11.3 Å². The Morgan fingerprint density at radius 3 is 2.58 bits per heavy atom. The zero-order valence-electron chi connectivity index (χ0n) is 12.4. The number of nitrogens with zero attached hydrogens (tertiary/aromatic N) is 1. The molecule has 0 unspecified atom stereocenters. The Morgan fingerprint density at radius 2 is 1.92 bits per heavy atom. The zero-order chi connectivity index (χ0) is 17.0. The highest BCUT2D eigenvalue weighted by Crippen LogP contribution is 2.20. The summed E-state index contributed by atoms with van der Waals surface area (Å²) in [5.74, 6) is -0.0573. The van der Waals surface area contributed by atoms with Gasteiger partial charge in [0.15, 0.2) is 0 Å². The van der Waals surface area contributed by atoms with Gasteiger partial charge in [0.05, 0.1) is 11.9 Å². The number of pyridine rings is 1. The molecule has 0 aliphatic carbocycles. The molecule has 3 rings (SSSR count). The molecule has 2 heterocycles. The number of thiophene rings is 1. The van der Waals surface area contributed by atoms with Crippen LogP contribution in [0.5, 0.6) is 0 Å². The van der Waals surface area contributed by atoms with Crippen molar-refractivity contribution >= 4 is 32.9 Å². The zero-order valence-corrected chi connectivity index (χ0v) is 14.1. The summed E-state index contributed by atoms with van der Waals surface area (Å²) < 4.78 is 40.4.